The van der Waals surface area contributed by atoms with Crippen molar-refractivity contribution in [3.8, 4) is 0 Å². The molecule has 8 nitrogen and oxygen atoms in total. The third-order valence-corrected chi connectivity index (χ3v) is 7.44. The van der Waals surface area contributed by atoms with E-state index in [2.05, 4.69) is 6.92 Å². The lowest BCUT2D eigenvalue weighted by Crippen LogP contribution is -2.52. The second kappa shape index (κ2) is 24.1. The molecule has 0 aromatic carbocycles. The molecular formula is C30H58O8. The van der Waals surface area contributed by atoms with Crippen LogP contribution in [0.4, 0.5) is 0 Å². The Morgan fingerprint density at radius 2 is 1.08 bits per heavy atom. The highest BCUT2D eigenvalue weighted by molar-refractivity contribution is 5.69. The number of aliphatic hydroxyl groups excluding tert-OH is 4. The van der Waals surface area contributed by atoms with E-state index in [9.17, 15) is 20.1 Å². The maximum absolute atomic E-state index is 12.3. The lowest BCUT2D eigenvalue weighted by atomic mass is 10.0. The maximum atomic E-state index is 12.3. The average molecular weight is 547 g/mol. The Labute approximate surface area is 231 Å². The third-order valence-electron chi connectivity index (χ3n) is 7.44. The topological polar surface area (TPSA) is 126 Å². The van der Waals surface area contributed by atoms with Gasteiger partial charge in [-0.2, -0.15) is 0 Å². The molecule has 4 N–H and O–H groups in total. The van der Waals surface area contributed by atoms with Crippen LogP contribution in [0, 0.1) is 0 Å². The number of hydrogen-bond donors (Lipinski definition) is 4. The normalized spacial score (nSPS) is 17.4. The molecule has 4 atom stereocenters. The number of carbonyl (C=O) groups excluding carboxylic acids is 1. The van der Waals surface area contributed by atoms with Crippen LogP contribution in [0.25, 0.3) is 0 Å². The first kappa shape index (κ1) is 35.3. The van der Waals surface area contributed by atoms with Crippen molar-refractivity contribution < 1.29 is 39.4 Å². The third kappa shape index (κ3) is 17.0. The fourth-order valence-corrected chi connectivity index (χ4v) is 4.94. The Bertz CT molecular complexity index is 540. The van der Waals surface area contributed by atoms with E-state index >= 15 is 0 Å². The van der Waals surface area contributed by atoms with Gasteiger partial charge in [0.1, 0.15) is 18.3 Å². The van der Waals surface area contributed by atoms with Gasteiger partial charge in [0.25, 0.3) is 0 Å². The molecule has 0 aromatic heterocycles. The number of hydrogen-bond acceptors (Lipinski definition) is 8. The van der Waals surface area contributed by atoms with Crippen molar-refractivity contribution in [2.24, 2.45) is 0 Å². The molecule has 1 aliphatic heterocycles. The number of rotatable bonds is 26. The van der Waals surface area contributed by atoms with Gasteiger partial charge >= 0.3 is 5.97 Å². The number of ether oxygens (including phenoxy) is 3. The van der Waals surface area contributed by atoms with Crippen molar-refractivity contribution in [1.29, 1.82) is 0 Å². The molecule has 1 aliphatic rings. The summed E-state index contributed by atoms with van der Waals surface area (Å²) in [6.07, 6.45) is 17.4. The molecule has 8 heteroatoms. The maximum Gasteiger partial charge on any atom is 0.306 e. The molecular weight excluding hydrogens is 488 g/mol. The first-order valence-corrected chi connectivity index (χ1v) is 15.6. The van der Waals surface area contributed by atoms with E-state index in [1.807, 2.05) is 0 Å². The predicted molar refractivity (Wildman–Crippen MR) is 149 cm³/mol. The van der Waals surface area contributed by atoms with Gasteiger partial charge in [0.15, 0.2) is 12.4 Å². The standard InChI is InChI=1S/C30H58O8/c1-2-3-4-5-6-7-8-9-10-11-12-13-14-15-16-17-18-19-20-21-26(33)38-29(30-36-22-23-37-30)28(35)27(34)25(32)24-31/h25,27-32,34-35H,2-24H2,1H3/t25-,27-,28+,29+/m1/s1. The van der Waals surface area contributed by atoms with E-state index in [1.54, 1.807) is 0 Å². The van der Waals surface area contributed by atoms with Gasteiger partial charge in [-0.1, -0.05) is 122 Å². The lowest BCUT2D eigenvalue weighted by molar-refractivity contribution is -0.210. The summed E-state index contributed by atoms with van der Waals surface area (Å²) < 4.78 is 16.0. The summed E-state index contributed by atoms with van der Waals surface area (Å²) in [7, 11) is 0. The van der Waals surface area contributed by atoms with Crippen LogP contribution in [0.3, 0.4) is 0 Å². The molecule has 1 heterocycles. The minimum atomic E-state index is -1.69. The van der Waals surface area contributed by atoms with E-state index in [-0.39, 0.29) is 19.6 Å². The Morgan fingerprint density at radius 1 is 0.684 bits per heavy atom. The molecule has 0 radical (unpaired) electrons. The first-order chi connectivity index (χ1) is 18.5. The van der Waals surface area contributed by atoms with Gasteiger partial charge in [-0.3, -0.25) is 4.79 Å². The van der Waals surface area contributed by atoms with E-state index in [0.29, 0.717) is 6.42 Å². The molecule has 0 aromatic rings. The van der Waals surface area contributed by atoms with Crippen LogP contribution >= 0.6 is 0 Å². The first-order valence-electron chi connectivity index (χ1n) is 15.6. The quantitative estimate of drug-likeness (QED) is 0.0865. The van der Waals surface area contributed by atoms with Gasteiger partial charge in [0.05, 0.1) is 19.8 Å². The molecule has 226 valence electrons. The Balaban J connectivity index is 1.99. The van der Waals surface area contributed by atoms with Gasteiger partial charge in [-0.15, -0.1) is 0 Å². The molecule has 38 heavy (non-hydrogen) atoms. The van der Waals surface area contributed by atoms with Crippen LogP contribution in [-0.4, -0.2) is 76.9 Å². The fourth-order valence-electron chi connectivity index (χ4n) is 4.94. The monoisotopic (exact) mass is 546 g/mol. The van der Waals surface area contributed by atoms with Crippen LogP contribution in [0.15, 0.2) is 0 Å². The minimum absolute atomic E-state index is 0.202. The Hall–Kier alpha value is -0.770. The highest BCUT2D eigenvalue weighted by atomic mass is 16.7. The van der Waals surface area contributed by atoms with Gasteiger partial charge in [0.2, 0.25) is 0 Å². The van der Waals surface area contributed by atoms with E-state index in [4.69, 9.17) is 19.3 Å². The highest BCUT2D eigenvalue weighted by Gasteiger charge is 2.41. The summed E-state index contributed by atoms with van der Waals surface area (Å²) >= 11 is 0. The average Bonchev–Trinajstić information content (AvgIpc) is 3.46. The number of aliphatic hydroxyl groups is 4. The predicted octanol–water partition coefficient (Wildman–Crippen LogP) is 5.17. The summed E-state index contributed by atoms with van der Waals surface area (Å²) in [6.45, 7) is 2.10. The number of unbranched alkanes of at least 4 members (excludes halogenated alkanes) is 18. The van der Waals surface area contributed by atoms with Gasteiger partial charge in [-0.05, 0) is 6.42 Å². The second-order valence-electron chi connectivity index (χ2n) is 10.9. The van der Waals surface area contributed by atoms with Crippen LogP contribution in [0.2, 0.25) is 0 Å². The highest BCUT2D eigenvalue weighted by Crippen LogP contribution is 2.20. The molecule has 0 bridgehead atoms. The zero-order valence-corrected chi connectivity index (χ0v) is 24.1. The van der Waals surface area contributed by atoms with Crippen molar-refractivity contribution in [1.82, 2.24) is 0 Å². The molecule has 1 rings (SSSR count). The number of carbonyl (C=O) groups is 1. The fraction of sp³-hybridized carbons (Fsp3) is 0.967. The SMILES string of the molecule is CCCCCCCCCCCCCCCCCCCCCC(=O)O[C@H](C1OCCO1)[C@@H](O)[C@H](O)[C@H](O)CO. The lowest BCUT2D eigenvalue weighted by Gasteiger charge is -2.31. The largest absolute Gasteiger partial charge is 0.454 e. The van der Waals surface area contributed by atoms with Crippen molar-refractivity contribution in [3.05, 3.63) is 0 Å². The van der Waals surface area contributed by atoms with Crippen LogP contribution < -0.4 is 0 Å². The Kier molecular flexibility index (Phi) is 22.3. The van der Waals surface area contributed by atoms with Crippen LogP contribution in [0.5, 0.6) is 0 Å². The second-order valence-corrected chi connectivity index (χ2v) is 10.9. The number of esters is 1. The zero-order chi connectivity index (χ0) is 27.8. The smallest absolute Gasteiger partial charge is 0.306 e. The van der Waals surface area contributed by atoms with Crippen molar-refractivity contribution >= 4 is 5.97 Å². The van der Waals surface area contributed by atoms with Crippen molar-refractivity contribution in [2.75, 3.05) is 19.8 Å². The minimum Gasteiger partial charge on any atom is -0.454 e. The van der Waals surface area contributed by atoms with Gasteiger partial charge in [0, 0.05) is 6.42 Å². The molecule has 0 unspecified atom stereocenters. The van der Waals surface area contributed by atoms with E-state index < -0.39 is 43.3 Å². The Morgan fingerprint density at radius 3 is 1.47 bits per heavy atom. The van der Waals surface area contributed by atoms with Gasteiger partial charge < -0.3 is 34.6 Å². The van der Waals surface area contributed by atoms with Gasteiger partial charge in [-0.25, -0.2) is 0 Å². The summed E-state index contributed by atoms with van der Waals surface area (Å²) in [4.78, 5) is 12.3. The molecule has 0 saturated carbocycles. The molecule has 1 fully saturated rings. The summed E-state index contributed by atoms with van der Waals surface area (Å²) in [6, 6.07) is 0. The molecule has 0 spiro atoms. The van der Waals surface area contributed by atoms with E-state index in [1.165, 1.54) is 103 Å². The van der Waals surface area contributed by atoms with Crippen molar-refractivity contribution in [3.63, 3.8) is 0 Å². The van der Waals surface area contributed by atoms with E-state index in [0.717, 1.165) is 12.8 Å². The summed E-state index contributed by atoms with van der Waals surface area (Å²) in [5.41, 5.74) is 0. The molecule has 0 amide bonds. The van der Waals surface area contributed by atoms with Crippen LogP contribution in [-0.2, 0) is 19.0 Å². The summed E-state index contributed by atoms with van der Waals surface area (Å²) in [5, 5.41) is 39.0. The van der Waals surface area contributed by atoms with Crippen LogP contribution in [0.1, 0.15) is 135 Å². The molecule has 1 saturated heterocycles. The summed E-state index contributed by atoms with van der Waals surface area (Å²) in [5.74, 6) is -0.509. The molecule has 0 aliphatic carbocycles. The van der Waals surface area contributed by atoms with Crippen molar-refractivity contribution in [2.45, 2.75) is 166 Å². The zero-order valence-electron chi connectivity index (χ0n) is 24.1.